The second-order valence-corrected chi connectivity index (χ2v) is 6.94. The minimum absolute atomic E-state index is 0.153. The van der Waals surface area contributed by atoms with Gasteiger partial charge in [-0.2, -0.15) is 0 Å². The summed E-state index contributed by atoms with van der Waals surface area (Å²) < 4.78 is 5.09. The molecule has 0 bridgehead atoms. The fourth-order valence-corrected chi connectivity index (χ4v) is 3.76. The predicted molar refractivity (Wildman–Crippen MR) is 87.3 cm³/mol. The second-order valence-electron chi connectivity index (χ2n) is 6.94. The topological polar surface area (TPSA) is 70.1 Å². The summed E-state index contributed by atoms with van der Waals surface area (Å²) in [4.78, 5) is 28.3. The van der Waals surface area contributed by atoms with Crippen LogP contribution in [-0.2, 0) is 14.3 Å². The van der Waals surface area contributed by atoms with Crippen LogP contribution >= 0.6 is 0 Å². The molecular weight excluding hydrogens is 296 g/mol. The molecule has 2 rings (SSSR count). The van der Waals surface area contributed by atoms with Gasteiger partial charge in [0.1, 0.15) is 0 Å². The number of hydrogen-bond acceptors (Lipinski definition) is 4. The van der Waals surface area contributed by atoms with Crippen molar-refractivity contribution in [3.05, 3.63) is 0 Å². The Hall–Kier alpha value is -1.14. The van der Waals surface area contributed by atoms with Gasteiger partial charge in [-0.3, -0.25) is 14.5 Å². The van der Waals surface area contributed by atoms with E-state index in [1.165, 1.54) is 12.8 Å². The summed E-state index contributed by atoms with van der Waals surface area (Å²) in [5.41, 5.74) is -0.771. The normalized spacial score (nSPS) is 26.7. The monoisotopic (exact) mass is 326 g/mol. The van der Waals surface area contributed by atoms with Crippen LogP contribution in [0.15, 0.2) is 0 Å². The third kappa shape index (κ3) is 4.91. The summed E-state index contributed by atoms with van der Waals surface area (Å²) >= 11 is 0. The molecule has 0 aliphatic carbocycles. The van der Waals surface area contributed by atoms with Crippen molar-refractivity contribution in [3.8, 4) is 0 Å². The largest absolute Gasteiger partial charge is 0.481 e. The van der Waals surface area contributed by atoms with Crippen LogP contribution in [0.25, 0.3) is 0 Å². The molecule has 6 heteroatoms. The minimum Gasteiger partial charge on any atom is -0.481 e. The molecule has 2 aliphatic rings. The molecule has 132 valence electrons. The van der Waals surface area contributed by atoms with Crippen molar-refractivity contribution in [1.29, 1.82) is 0 Å². The average Bonchev–Trinajstić information content (AvgIpc) is 2.82. The van der Waals surface area contributed by atoms with Crippen LogP contribution in [-0.4, -0.2) is 73.2 Å². The van der Waals surface area contributed by atoms with Crippen molar-refractivity contribution in [2.24, 2.45) is 5.41 Å². The molecular formula is C17H30N2O4. The van der Waals surface area contributed by atoms with Crippen molar-refractivity contribution in [3.63, 3.8) is 0 Å². The Balaban J connectivity index is 1.93. The Labute approximate surface area is 138 Å². The molecule has 0 aromatic heterocycles. The molecule has 6 nitrogen and oxygen atoms in total. The van der Waals surface area contributed by atoms with Crippen molar-refractivity contribution < 1.29 is 19.4 Å². The Morgan fingerprint density at radius 3 is 2.39 bits per heavy atom. The van der Waals surface area contributed by atoms with E-state index >= 15 is 0 Å². The number of amides is 1. The number of carbonyl (C=O) groups is 2. The molecule has 1 amide bonds. The lowest BCUT2D eigenvalue weighted by molar-refractivity contribution is -0.155. The molecule has 0 aromatic carbocycles. The van der Waals surface area contributed by atoms with Crippen molar-refractivity contribution >= 4 is 11.9 Å². The third-order valence-electron chi connectivity index (χ3n) is 5.21. The van der Waals surface area contributed by atoms with Crippen molar-refractivity contribution in [2.75, 3.05) is 46.4 Å². The number of aliphatic carboxylic acids is 1. The van der Waals surface area contributed by atoms with E-state index in [0.29, 0.717) is 32.5 Å². The van der Waals surface area contributed by atoms with Gasteiger partial charge in [-0.1, -0.05) is 12.8 Å². The highest BCUT2D eigenvalue weighted by Gasteiger charge is 2.42. The number of methoxy groups -OCH3 is 1. The molecule has 1 N–H and O–H groups in total. The first-order valence-electron chi connectivity index (χ1n) is 8.80. The van der Waals surface area contributed by atoms with E-state index in [4.69, 9.17) is 4.74 Å². The van der Waals surface area contributed by atoms with Crippen LogP contribution in [0.4, 0.5) is 0 Å². The molecule has 2 heterocycles. The van der Waals surface area contributed by atoms with E-state index in [2.05, 4.69) is 0 Å². The number of likely N-dealkylation sites (tertiary alicyclic amines) is 2. The summed E-state index contributed by atoms with van der Waals surface area (Å²) in [6.07, 6.45) is 6.56. The molecule has 2 fully saturated rings. The number of nitrogens with zero attached hydrogens (tertiary/aromatic N) is 2. The van der Waals surface area contributed by atoms with Crippen LogP contribution in [0.3, 0.4) is 0 Å². The smallest absolute Gasteiger partial charge is 0.311 e. The van der Waals surface area contributed by atoms with Crippen molar-refractivity contribution in [1.82, 2.24) is 9.80 Å². The number of carboxylic acids is 1. The van der Waals surface area contributed by atoms with Gasteiger partial charge in [0, 0.05) is 33.4 Å². The minimum atomic E-state index is -0.771. The first-order valence-corrected chi connectivity index (χ1v) is 8.80. The highest BCUT2D eigenvalue weighted by atomic mass is 16.5. The Morgan fingerprint density at radius 1 is 1.09 bits per heavy atom. The quantitative estimate of drug-likeness (QED) is 0.803. The SMILES string of the molecule is COCC[C@]1(C(=O)O)CCCN(CC(=O)N2CCCCCC2)C1. The number of ether oxygens (including phenoxy) is 1. The predicted octanol–water partition coefficient (Wildman–Crippen LogP) is 1.59. The number of carbonyl (C=O) groups excluding carboxylic acids is 1. The molecule has 0 saturated carbocycles. The number of rotatable bonds is 6. The molecule has 2 aliphatic heterocycles. The Bertz CT molecular complexity index is 407. The maximum Gasteiger partial charge on any atom is 0.311 e. The fraction of sp³-hybridized carbons (Fsp3) is 0.882. The maximum atomic E-state index is 12.5. The van der Waals surface area contributed by atoms with E-state index in [0.717, 1.165) is 38.9 Å². The average molecular weight is 326 g/mol. The van der Waals surface area contributed by atoms with Gasteiger partial charge < -0.3 is 14.7 Å². The van der Waals surface area contributed by atoms with Gasteiger partial charge in [-0.15, -0.1) is 0 Å². The van der Waals surface area contributed by atoms with E-state index in [1.807, 2.05) is 9.80 Å². The summed E-state index contributed by atoms with van der Waals surface area (Å²) in [6, 6.07) is 0. The molecule has 0 aromatic rings. The van der Waals surface area contributed by atoms with E-state index in [1.54, 1.807) is 7.11 Å². The van der Waals surface area contributed by atoms with Gasteiger partial charge in [0.05, 0.1) is 12.0 Å². The number of hydrogen-bond donors (Lipinski definition) is 1. The van der Waals surface area contributed by atoms with Gasteiger partial charge in [0.15, 0.2) is 0 Å². The molecule has 23 heavy (non-hydrogen) atoms. The van der Waals surface area contributed by atoms with Gasteiger partial charge >= 0.3 is 5.97 Å². The van der Waals surface area contributed by atoms with Crippen LogP contribution in [0, 0.1) is 5.41 Å². The van der Waals surface area contributed by atoms with Gasteiger partial charge in [0.25, 0.3) is 0 Å². The van der Waals surface area contributed by atoms with E-state index in [9.17, 15) is 14.7 Å². The lowest BCUT2D eigenvalue weighted by Gasteiger charge is -2.40. The van der Waals surface area contributed by atoms with E-state index < -0.39 is 11.4 Å². The highest BCUT2D eigenvalue weighted by Crippen LogP contribution is 2.34. The number of piperidine rings is 1. The Morgan fingerprint density at radius 2 is 1.78 bits per heavy atom. The molecule has 2 saturated heterocycles. The first-order chi connectivity index (χ1) is 11.1. The van der Waals surface area contributed by atoms with Crippen LogP contribution in [0.2, 0.25) is 0 Å². The summed E-state index contributed by atoms with van der Waals surface area (Å²) in [7, 11) is 1.60. The van der Waals surface area contributed by atoms with Crippen molar-refractivity contribution in [2.45, 2.75) is 44.9 Å². The number of carboxylic acid groups (broad SMARTS) is 1. The lowest BCUT2D eigenvalue weighted by atomic mass is 9.77. The summed E-state index contributed by atoms with van der Waals surface area (Å²) in [5, 5.41) is 9.68. The van der Waals surface area contributed by atoms with E-state index in [-0.39, 0.29) is 5.91 Å². The molecule has 1 atom stereocenters. The third-order valence-corrected chi connectivity index (χ3v) is 5.21. The van der Waals surface area contributed by atoms with Crippen LogP contribution in [0.1, 0.15) is 44.9 Å². The fourth-order valence-electron chi connectivity index (χ4n) is 3.76. The Kier molecular flexibility index (Phi) is 6.84. The van der Waals surface area contributed by atoms with Gasteiger partial charge in [-0.05, 0) is 38.6 Å². The summed E-state index contributed by atoms with van der Waals surface area (Å²) in [6.45, 7) is 3.75. The first kappa shape index (κ1) is 18.2. The standard InChI is InChI=1S/C17H30N2O4/c1-23-12-8-17(16(21)22)7-6-9-18(14-17)13-15(20)19-10-4-2-3-5-11-19/h2-14H2,1H3,(H,21,22)/t17-/m1/s1. The second kappa shape index (κ2) is 8.64. The highest BCUT2D eigenvalue weighted by molar-refractivity contribution is 5.79. The molecule has 0 unspecified atom stereocenters. The zero-order valence-electron chi connectivity index (χ0n) is 14.3. The van der Waals surface area contributed by atoms with Gasteiger partial charge in [0.2, 0.25) is 5.91 Å². The lowest BCUT2D eigenvalue weighted by Crippen LogP contribution is -2.51. The van der Waals surface area contributed by atoms with Crippen LogP contribution in [0.5, 0.6) is 0 Å². The maximum absolute atomic E-state index is 12.5. The zero-order chi connectivity index (χ0) is 16.7. The molecule has 0 spiro atoms. The summed E-state index contributed by atoms with van der Waals surface area (Å²) in [5.74, 6) is -0.610. The zero-order valence-corrected chi connectivity index (χ0v) is 14.3. The van der Waals surface area contributed by atoms with Gasteiger partial charge in [-0.25, -0.2) is 0 Å². The molecule has 0 radical (unpaired) electrons. The van der Waals surface area contributed by atoms with Crippen LogP contribution < -0.4 is 0 Å².